The molecule has 2 heterocycles. The zero-order chi connectivity index (χ0) is 13.1. The molecule has 7 nitrogen and oxygen atoms in total. The van der Waals surface area contributed by atoms with Gasteiger partial charge in [-0.1, -0.05) is 0 Å². The average Bonchev–Trinajstić information content (AvgIpc) is 2.70. The summed E-state index contributed by atoms with van der Waals surface area (Å²) in [5.41, 5.74) is 0. The minimum Gasteiger partial charge on any atom is -0.393 e. The molecule has 0 amide bonds. The fourth-order valence-electron chi connectivity index (χ4n) is 2.26. The predicted octanol–water partition coefficient (Wildman–Crippen LogP) is 0.556. The fraction of sp³-hybridized carbons (Fsp3) is 0.727. The lowest BCUT2D eigenvalue weighted by Crippen LogP contribution is -2.37. The Morgan fingerprint density at radius 2 is 2.17 bits per heavy atom. The van der Waals surface area contributed by atoms with Gasteiger partial charge in [0.05, 0.1) is 6.10 Å². The maximum Gasteiger partial charge on any atom is 0.342 e. The van der Waals surface area contributed by atoms with Crippen LogP contribution in [0.25, 0.3) is 0 Å². The van der Waals surface area contributed by atoms with Gasteiger partial charge in [0.25, 0.3) is 0 Å². The molecule has 0 atom stereocenters. The summed E-state index contributed by atoms with van der Waals surface area (Å²) in [5.74, 6) is 0.711. The Hall–Kier alpha value is -1.47. The van der Waals surface area contributed by atoms with E-state index in [4.69, 9.17) is 0 Å². The zero-order valence-electron chi connectivity index (χ0n) is 10.4. The van der Waals surface area contributed by atoms with Gasteiger partial charge in [0.2, 0.25) is 0 Å². The normalized spacial score (nSPS) is 18.1. The minimum absolute atomic E-state index is 0.0459. The molecule has 1 aliphatic heterocycles. The van der Waals surface area contributed by atoms with Crippen molar-refractivity contribution in [3.05, 3.63) is 22.1 Å². The highest BCUT2D eigenvalue weighted by molar-refractivity contribution is 5.18. The standard InChI is InChI=1S/C11H18N4O3/c1-9-12-8-11(15(17)18)14(9)7-6-13-4-2-10(16)3-5-13/h8,10,16H,2-7H2,1H3. The van der Waals surface area contributed by atoms with Crippen molar-refractivity contribution in [2.75, 3.05) is 19.6 Å². The molecule has 0 saturated carbocycles. The molecule has 0 spiro atoms. The molecule has 1 fully saturated rings. The molecule has 100 valence electrons. The van der Waals surface area contributed by atoms with E-state index in [9.17, 15) is 15.2 Å². The highest BCUT2D eigenvalue weighted by Gasteiger charge is 2.20. The van der Waals surface area contributed by atoms with Crippen molar-refractivity contribution >= 4 is 5.82 Å². The number of rotatable bonds is 4. The number of piperidine rings is 1. The summed E-state index contributed by atoms with van der Waals surface area (Å²) in [6.07, 6.45) is 2.68. The van der Waals surface area contributed by atoms with E-state index >= 15 is 0 Å². The van der Waals surface area contributed by atoms with Crippen LogP contribution in [-0.4, -0.2) is 50.2 Å². The fourth-order valence-corrected chi connectivity index (χ4v) is 2.26. The molecule has 1 aromatic rings. The lowest BCUT2D eigenvalue weighted by atomic mass is 10.1. The van der Waals surface area contributed by atoms with Crippen molar-refractivity contribution in [2.24, 2.45) is 0 Å². The highest BCUT2D eigenvalue weighted by Crippen LogP contribution is 2.15. The van der Waals surface area contributed by atoms with Crippen LogP contribution in [-0.2, 0) is 6.54 Å². The van der Waals surface area contributed by atoms with E-state index < -0.39 is 4.92 Å². The van der Waals surface area contributed by atoms with Gasteiger partial charge in [-0.2, -0.15) is 0 Å². The van der Waals surface area contributed by atoms with Crippen LogP contribution >= 0.6 is 0 Å². The first kappa shape index (κ1) is 13.0. The quantitative estimate of drug-likeness (QED) is 0.626. The molecule has 1 aromatic heterocycles. The first-order chi connectivity index (χ1) is 8.58. The van der Waals surface area contributed by atoms with E-state index in [0.717, 1.165) is 32.5 Å². The number of nitro groups is 1. The lowest BCUT2D eigenvalue weighted by molar-refractivity contribution is -0.392. The molecular formula is C11H18N4O3. The molecular weight excluding hydrogens is 236 g/mol. The monoisotopic (exact) mass is 254 g/mol. The minimum atomic E-state index is -0.403. The van der Waals surface area contributed by atoms with E-state index in [0.29, 0.717) is 12.4 Å². The van der Waals surface area contributed by atoms with E-state index in [1.807, 2.05) is 0 Å². The molecule has 0 aromatic carbocycles. The third kappa shape index (κ3) is 2.85. The van der Waals surface area contributed by atoms with Gasteiger partial charge in [-0.3, -0.25) is 4.90 Å². The molecule has 7 heteroatoms. The first-order valence-electron chi connectivity index (χ1n) is 6.15. The first-order valence-corrected chi connectivity index (χ1v) is 6.15. The van der Waals surface area contributed by atoms with Gasteiger partial charge in [0.1, 0.15) is 12.7 Å². The Labute approximate surface area is 105 Å². The van der Waals surface area contributed by atoms with Crippen molar-refractivity contribution < 1.29 is 10.0 Å². The molecule has 1 aliphatic rings. The second kappa shape index (κ2) is 5.45. The lowest BCUT2D eigenvalue weighted by Gasteiger charge is -2.28. The highest BCUT2D eigenvalue weighted by atomic mass is 16.6. The molecule has 0 radical (unpaired) electrons. The summed E-state index contributed by atoms with van der Waals surface area (Å²) in [7, 11) is 0. The van der Waals surface area contributed by atoms with E-state index in [1.54, 1.807) is 11.5 Å². The van der Waals surface area contributed by atoms with Crippen molar-refractivity contribution in [2.45, 2.75) is 32.4 Å². The molecule has 1 saturated heterocycles. The van der Waals surface area contributed by atoms with E-state index in [1.165, 1.54) is 6.20 Å². The van der Waals surface area contributed by atoms with Crippen LogP contribution in [0.2, 0.25) is 0 Å². The number of likely N-dealkylation sites (tertiary alicyclic amines) is 1. The van der Waals surface area contributed by atoms with Crippen molar-refractivity contribution in [3.8, 4) is 0 Å². The third-order valence-corrected chi connectivity index (χ3v) is 3.42. The van der Waals surface area contributed by atoms with Gasteiger partial charge in [0.15, 0.2) is 5.82 Å². The van der Waals surface area contributed by atoms with Crippen LogP contribution in [0.1, 0.15) is 18.7 Å². The second-order valence-electron chi connectivity index (χ2n) is 4.65. The number of aliphatic hydroxyl groups excluding tert-OH is 1. The summed E-state index contributed by atoms with van der Waals surface area (Å²) in [6.45, 7) is 4.79. The van der Waals surface area contributed by atoms with Gasteiger partial charge >= 0.3 is 5.82 Å². The van der Waals surface area contributed by atoms with E-state index in [2.05, 4.69) is 9.88 Å². The number of aromatic nitrogens is 2. The summed E-state index contributed by atoms with van der Waals surface area (Å²) >= 11 is 0. The maximum absolute atomic E-state index is 10.8. The number of imidazole rings is 1. The molecule has 2 rings (SSSR count). The van der Waals surface area contributed by atoms with Crippen LogP contribution in [0.5, 0.6) is 0 Å². The van der Waals surface area contributed by atoms with Crippen LogP contribution in [0.4, 0.5) is 5.82 Å². The number of hydrogen-bond acceptors (Lipinski definition) is 5. The summed E-state index contributed by atoms with van der Waals surface area (Å²) in [5, 5.41) is 20.2. The summed E-state index contributed by atoms with van der Waals surface area (Å²) in [6, 6.07) is 0. The van der Waals surface area contributed by atoms with Crippen LogP contribution in [0.15, 0.2) is 6.20 Å². The molecule has 0 unspecified atom stereocenters. The number of aliphatic hydroxyl groups is 1. The molecule has 1 N–H and O–H groups in total. The largest absolute Gasteiger partial charge is 0.393 e. The Kier molecular flexibility index (Phi) is 3.93. The van der Waals surface area contributed by atoms with Gasteiger partial charge in [0, 0.05) is 26.6 Å². The van der Waals surface area contributed by atoms with Crippen molar-refractivity contribution in [3.63, 3.8) is 0 Å². The SMILES string of the molecule is Cc1ncc([N+](=O)[O-])n1CCN1CCC(O)CC1. The van der Waals surface area contributed by atoms with Crippen LogP contribution in [0, 0.1) is 17.0 Å². The van der Waals surface area contributed by atoms with Gasteiger partial charge in [-0.25, -0.2) is 9.55 Å². The molecule has 18 heavy (non-hydrogen) atoms. The third-order valence-electron chi connectivity index (χ3n) is 3.42. The maximum atomic E-state index is 10.8. The van der Waals surface area contributed by atoms with Crippen molar-refractivity contribution in [1.29, 1.82) is 0 Å². The average molecular weight is 254 g/mol. The van der Waals surface area contributed by atoms with Gasteiger partial charge in [-0.05, 0) is 17.8 Å². The Morgan fingerprint density at radius 1 is 1.50 bits per heavy atom. The molecule has 0 bridgehead atoms. The Morgan fingerprint density at radius 3 is 2.78 bits per heavy atom. The van der Waals surface area contributed by atoms with Crippen molar-refractivity contribution in [1.82, 2.24) is 14.5 Å². The Balaban J connectivity index is 1.94. The molecule has 0 aliphatic carbocycles. The summed E-state index contributed by atoms with van der Waals surface area (Å²) < 4.78 is 1.63. The van der Waals surface area contributed by atoms with Gasteiger partial charge in [-0.15, -0.1) is 0 Å². The second-order valence-corrected chi connectivity index (χ2v) is 4.65. The van der Waals surface area contributed by atoms with Crippen LogP contribution in [0.3, 0.4) is 0 Å². The predicted molar refractivity (Wildman–Crippen MR) is 65.3 cm³/mol. The zero-order valence-corrected chi connectivity index (χ0v) is 10.4. The topological polar surface area (TPSA) is 84.4 Å². The van der Waals surface area contributed by atoms with E-state index in [-0.39, 0.29) is 11.9 Å². The van der Waals surface area contributed by atoms with Crippen LogP contribution < -0.4 is 0 Å². The van der Waals surface area contributed by atoms with Gasteiger partial charge < -0.3 is 15.2 Å². The number of aryl methyl sites for hydroxylation is 1. The summed E-state index contributed by atoms with van der Waals surface area (Å²) in [4.78, 5) is 16.6. The number of nitrogens with zero attached hydrogens (tertiary/aromatic N) is 4. The Bertz CT molecular complexity index is 424. The smallest absolute Gasteiger partial charge is 0.342 e. The number of hydrogen-bond donors (Lipinski definition) is 1.